The second-order valence-corrected chi connectivity index (χ2v) is 8.67. The molecule has 1 rings (SSSR count). The third kappa shape index (κ3) is 10.3. The van der Waals surface area contributed by atoms with Gasteiger partial charge in [-0.1, -0.05) is 30.3 Å². The van der Waals surface area contributed by atoms with Gasteiger partial charge in [-0.15, -0.1) is 0 Å². The van der Waals surface area contributed by atoms with Crippen LogP contribution in [0.5, 0.6) is 0 Å². The Morgan fingerprint density at radius 3 is 1.84 bits per heavy atom. The minimum atomic E-state index is -1.65. The van der Waals surface area contributed by atoms with Gasteiger partial charge in [0.25, 0.3) is 0 Å². The average molecular weight is 438 g/mol. The number of imide groups is 1. The topological polar surface area (TPSA) is 131 Å². The summed E-state index contributed by atoms with van der Waals surface area (Å²) in [6.07, 6.45) is -3.23. The van der Waals surface area contributed by atoms with Crippen LogP contribution in [0.15, 0.2) is 30.3 Å². The Hall–Kier alpha value is -3.30. The molecule has 0 spiro atoms. The van der Waals surface area contributed by atoms with Gasteiger partial charge in [-0.2, -0.15) is 0 Å². The number of nitrogens with zero attached hydrogens (tertiary/aromatic N) is 1. The summed E-state index contributed by atoms with van der Waals surface area (Å²) < 4.78 is 15.4. The molecule has 1 aromatic rings. The molecule has 3 amide bonds. The molecule has 10 nitrogen and oxygen atoms in total. The predicted molar refractivity (Wildman–Crippen MR) is 110 cm³/mol. The highest BCUT2D eigenvalue weighted by molar-refractivity contribution is 5.89. The first kappa shape index (κ1) is 25.7. The Morgan fingerprint density at radius 1 is 0.935 bits per heavy atom. The molecule has 0 heterocycles. The first-order valence-electron chi connectivity index (χ1n) is 9.61. The van der Waals surface area contributed by atoms with E-state index < -0.39 is 48.0 Å². The minimum absolute atomic E-state index is 0.0825. The first-order chi connectivity index (χ1) is 14.2. The van der Waals surface area contributed by atoms with Gasteiger partial charge in [0.2, 0.25) is 0 Å². The Kier molecular flexibility index (Phi) is 8.84. The lowest BCUT2D eigenvalue weighted by molar-refractivity contribution is -0.139. The number of carbonyl (C=O) groups is 4. The largest absolute Gasteiger partial charge is 0.480 e. The fourth-order valence-electron chi connectivity index (χ4n) is 2.13. The van der Waals surface area contributed by atoms with E-state index >= 15 is 0 Å². The number of nitrogens with one attached hydrogen (secondary N) is 1. The third-order valence-corrected chi connectivity index (χ3v) is 3.40. The van der Waals surface area contributed by atoms with E-state index in [4.69, 9.17) is 14.2 Å². The molecule has 0 saturated heterocycles. The number of carboxylic acid groups (broad SMARTS) is 1. The highest BCUT2D eigenvalue weighted by Crippen LogP contribution is 2.15. The number of ether oxygens (including phenoxy) is 3. The van der Waals surface area contributed by atoms with Crippen LogP contribution in [0.2, 0.25) is 0 Å². The van der Waals surface area contributed by atoms with E-state index in [9.17, 15) is 24.3 Å². The summed E-state index contributed by atoms with van der Waals surface area (Å²) in [6, 6.07) is 7.13. The van der Waals surface area contributed by atoms with E-state index in [0.29, 0.717) is 10.5 Å². The standard InChI is InChI=1S/C21H30N2O8/c1-20(2,3)30-18(27)23(19(28)31-21(4,5)6)12-15(16(24)25)22-17(26)29-13-14-10-8-7-9-11-14/h7-11,15H,12-13H2,1-6H3,(H,22,26)(H,24,25)/t15-/m1/s1. The summed E-state index contributed by atoms with van der Waals surface area (Å²) in [5.41, 5.74) is -1.19. The van der Waals surface area contributed by atoms with Crippen LogP contribution in [0.4, 0.5) is 14.4 Å². The van der Waals surface area contributed by atoms with Crippen molar-refractivity contribution >= 4 is 24.2 Å². The van der Waals surface area contributed by atoms with Gasteiger partial charge in [-0.05, 0) is 47.1 Å². The number of hydrogen-bond acceptors (Lipinski definition) is 7. The lowest BCUT2D eigenvalue weighted by atomic mass is 10.2. The highest BCUT2D eigenvalue weighted by Gasteiger charge is 2.35. The van der Waals surface area contributed by atoms with Crippen LogP contribution in [-0.4, -0.2) is 58.0 Å². The van der Waals surface area contributed by atoms with Gasteiger partial charge in [-0.3, -0.25) is 0 Å². The second kappa shape index (κ2) is 10.6. The first-order valence-corrected chi connectivity index (χ1v) is 9.61. The summed E-state index contributed by atoms with van der Waals surface area (Å²) in [4.78, 5) is 49.2. The summed E-state index contributed by atoms with van der Waals surface area (Å²) in [5, 5.41) is 11.6. The SMILES string of the molecule is CC(C)(C)OC(=O)N(C[C@@H](NC(=O)OCc1ccccc1)C(=O)O)C(=O)OC(C)(C)C. The van der Waals surface area contributed by atoms with Crippen molar-refractivity contribution < 1.29 is 38.5 Å². The number of hydrogen-bond donors (Lipinski definition) is 2. The Labute approximate surface area is 181 Å². The predicted octanol–water partition coefficient (Wildman–Crippen LogP) is 3.54. The maximum atomic E-state index is 12.5. The molecule has 2 N–H and O–H groups in total. The van der Waals surface area contributed by atoms with Gasteiger partial charge in [0.05, 0.1) is 6.54 Å². The fourth-order valence-corrected chi connectivity index (χ4v) is 2.13. The van der Waals surface area contributed by atoms with Gasteiger partial charge in [0, 0.05) is 0 Å². The maximum Gasteiger partial charge on any atom is 0.419 e. The van der Waals surface area contributed by atoms with Crippen molar-refractivity contribution in [2.45, 2.75) is 65.4 Å². The van der Waals surface area contributed by atoms with E-state index in [1.165, 1.54) is 0 Å². The molecule has 31 heavy (non-hydrogen) atoms. The number of rotatable bonds is 6. The lowest BCUT2D eigenvalue weighted by Crippen LogP contribution is -2.53. The molecule has 172 valence electrons. The van der Waals surface area contributed by atoms with Gasteiger partial charge in [0.1, 0.15) is 23.9 Å². The summed E-state index contributed by atoms with van der Waals surface area (Å²) in [7, 11) is 0. The molecule has 0 bridgehead atoms. The third-order valence-electron chi connectivity index (χ3n) is 3.40. The quantitative estimate of drug-likeness (QED) is 0.645. The number of carboxylic acids is 1. The summed E-state index contributed by atoms with van der Waals surface area (Å²) >= 11 is 0. The molecule has 0 aliphatic carbocycles. The van der Waals surface area contributed by atoms with Crippen molar-refractivity contribution in [3.8, 4) is 0 Å². The van der Waals surface area contributed by atoms with E-state index in [-0.39, 0.29) is 6.61 Å². The van der Waals surface area contributed by atoms with Crippen LogP contribution in [0.1, 0.15) is 47.1 Å². The van der Waals surface area contributed by atoms with Gasteiger partial charge in [-0.25, -0.2) is 24.1 Å². The van der Waals surface area contributed by atoms with Crippen LogP contribution in [0, 0.1) is 0 Å². The van der Waals surface area contributed by atoms with E-state index in [2.05, 4.69) is 5.32 Å². The molecule has 0 aliphatic rings. The van der Waals surface area contributed by atoms with Crippen molar-refractivity contribution in [2.75, 3.05) is 6.54 Å². The van der Waals surface area contributed by atoms with Crippen molar-refractivity contribution in [1.29, 1.82) is 0 Å². The number of benzene rings is 1. The molecule has 0 aliphatic heterocycles. The minimum Gasteiger partial charge on any atom is -0.480 e. The van der Waals surface area contributed by atoms with E-state index in [0.717, 1.165) is 0 Å². The van der Waals surface area contributed by atoms with E-state index in [1.54, 1.807) is 71.9 Å². The lowest BCUT2D eigenvalue weighted by Gasteiger charge is -2.30. The zero-order valence-electron chi connectivity index (χ0n) is 18.6. The smallest absolute Gasteiger partial charge is 0.419 e. The number of aliphatic carboxylic acids is 1. The van der Waals surface area contributed by atoms with Gasteiger partial charge < -0.3 is 24.6 Å². The van der Waals surface area contributed by atoms with Crippen LogP contribution >= 0.6 is 0 Å². The zero-order valence-corrected chi connectivity index (χ0v) is 18.6. The number of amides is 3. The van der Waals surface area contributed by atoms with Crippen LogP contribution < -0.4 is 5.32 Å². The molecular formula is C21H30N2O8. The molecule has 0 aromatic heterocycles. The van der Waals surface area contributed by atoms with Gasteiger partial charge >= 0.3 is 24.2 Å². The highest BCUT2D eigenvalue weighted by atomic mass is 16.6. The van der Waals surface area contributed by atoms with Crippen LogP contribution in [-0.2, 0) is 25.6 Å². The second-order valence-electron chi connectivity index (χ2n) is 8.67. The van der Waals surface area contributed by atoms with Gasteiger partial charge in [0.15, 0.2) is 0 Å². The average Bonchev–Trinajstić information content (AvgIpc) is 2.60. The van der Waals surface area contributed by atoms with Crippen molar-refractivity contribution in [1.82, 2.24) is 10.2 Å². The van der Waals surface area contributed by atoms with Crippen LogP contribution in [0.3, 0.4) is 0 Å². The van der Waals surface area contributed by atoms with Crippen molar-refractivity contribution in [2.24, 2.45) is 0 Å². The van der Waals surface area contributed by atoms with Crippen molar-refractivity contribution in [3.63, 3.8) is 0 Å². The Bertz CT molecular complexity index is 753. The monoisotopic (exact) mass is 438 g/mol. The number of carbonyl (C=O) groups excluding carboxylic acids is 3. The normalized spacial score (nSPS) is 12.3. The molecule has 0 unspecified atom stereocenters. The number of alkyl carbamates (subject to hydrolysis) is 1. The van der Waals surface area contributed by atoms with Crippen molar-refractivity contribution in [3.05, 3.63) is 35.9 Å². The molecule has 1 atom stereocenters. The molecule has 0 saturated carbocycles. The molecular weight excluding hydrogens is 408 g/mol. The molecule has 1 aromatic carbocycles. The van der Waals surface area contributed by atoms with E-state index in [1.807, 2.05) is 0 Å². The molecule has 0 fully saturated rings. The summed E-state index contributed by atoms with van der Waals surface area (Å²) in [5.74, 6) is -1.48. The molecule has 0 radical (unpaired) electrons. The van der Waals surface area contributed by atoms with Crippen LogP contribution in [0.25, 0.3) is 0 Å². The molecule has 10 heteroatoms. The Balaban J connectivity index is 2.91. The Morgan fingerprint density at radius 2 is 1.42 bits per heavy atom. The summed E-state index contributed by atoms with van der Waals surface area (Å²) in [6.45, 7) is 8.73. The maximum absolute atomic E-state index is 12.5. The fraction of sp³-hybridized carbons (Fsp3) is 0.524. The zero-order chi connectivity index (χ0) is 23.8.